The maximum Gasteiger partial charge on any atom is 0.140 e. The number of rotatable bonds is 3. The summed E-state index contributed by atoms with van der Waals surface area (Å²) < 4.78 is 2.04. The molecule has 1 N–H and O–H groups in total. The van der Waals surface area contributed by atoms with Gasteiger partial charge in [-0.3, -0.25) is 0 Å². The SMILES string of the molecule is CCC1CCCC(Nc2ncc(Br)cc2Br)C1. The second-order valence-corrected chi connectivity index (χ2v) is 6.54. The maximum absolute atomic E-state index is 4.42. The number of hydrogen-bond donors (Lipinski definition) is 1. The molecule has 0 radical (unpaired) electrons. The number of hydrogen-bond acceptors (Lipinski definition) is 2. The van der Waals surface area contributed by atoms with Gasteiger partial charge in [0, 0.05) is 16.7 Å². The lowest BCUT2D eigenvalue weighted by Crippen LogP contribution is -2.27. The van der Waals surface area contributed by atoms with Gasteiger partial charge in [-0.2, -0.15) is 0 Å². The van der Waals surface area contributed by atoms with Crippen molar-refractivity contribution in [3.8, 4) is 0 Å². The highest BCUT2D eigenvalue weighted by atomic mass is 79.9. The molecule has 94 valence electrons. The molecule has 2 atom stereocenters. The number of nitrogens with one attached hydrogen (secondary N) is 1. The third-order valence-electron chi connectivity index (χ3n) is 3.51. The molecule has 1 aliphatic carbocycles. The molecule has 1 aromatic heterocycles. The summed E-state index contributed by atoms with van der Waals surface area (Å²) in [6.07, 6.45) is 8.41. The first-order chi connectivity index (χ1) is 8.19. The van der Waals surface area contributed by atoms with Crippen molar-refractivity contribution in [1.29, 1.82) is 0 Å². The third kappa shape index (κ3) is 3.68. The van der Waals surface area contributed by atoms with Crippen molar-refractivity contribution in [2.75, 3.05) is 5.32 Å². The van der Waals surface area contributed by atoms with Gasteiger partial charge >= 0.3 is 0 Å². The van der Waals surface area contributed by atoms with Gasteiger partial charge in [-0.1, -0.05) is 26.2 Å². The summed E-state index contributed by atoms with van der Waals surface area (Å²) in [5.74, 6) is 1.85. The second-order valence-electron chi connectivity index (χ2n) is 4.77. The van der Waals surface area contributed by atoms with Crippen LogP contribution in [-0.2, 0) is 0 Å². The molecular weight excluding hydrogens is 344 g/mol. The van der Waals surface area contributed by atoms with Crippen molar-refractivity contribution in [3.63, 3.8) is 0 Å². The van der Waals surface area contributed by atoms with Crippen LogP contribution in [0.3, 0.4) is 0 Å². The number of aromatic nitrogens is 1. The van der Waals surface area contributed by atoms with Crippen molar-refractivity contribution in [2.45, 2.75) is 45.1 Å². The Bertz CT molecular complexity index is 382. The Labute approximate surface area is 120 Å². The molecule has 2 unspecified atom stereocenters. The summed E-state index contributed by atoms with van der Waals surface area (Å²) in [6, 6.07) is 2.62. The first kappa shape index (κ1) is 13.3. The minimum absolute atomic E-state index is 0.582. The van der Waals surface area contributed by atoms with Crippen LogP contribution in [0, 0.1) is 5.92 Å². The van der Waals surface area contributed by atoms with Crippen LogP contribution in [0.5, 0.6) is 0 Å². The van der Waals surface area contributed by atoms with Gasteiger partial charge in [-0.25, -0.2) is 4.98 Å². The molecule has 1 heterocycles. The van der Waals surface area contributed by atoms with Gasteiger partial charge in [0.2, 0.25) is 0 Å². The van der Waals surface area contributed by atoms with E-state index in [1.54, 1.807) is 0 Å². The van der Waals surface area contributed by atoms with E-state index < -0.39 is 0 Å². The molecule has 1 aromatic rings. The van der Waals surface area contributed by atoms with Crippen LogP contribution in [0.4, 0.5) is 5.82 Å². The molecule has 0 bridgehead atoms. The molecule has 0 aliphatic heterocycles. The van der Waals surface area contributed by atoms with Crippen LogP contribution in [0.1, 0.15) is 39.0 Å². The minimum Gasteiger partial charge on any atom is -0.366 e. The molecule has 0 saturated heterocycles. The monoisotopic (exact) mass is 360 g/mol. The Morgan fingerprint density at radius 3 is 2.94 bits per heavy atom. The Morgan fingerprint density at radius 2 is 2.24 bits per heavy atom. The summed E-state index contributed by atoms with van der Waals surface area (Å²) >= 11 is 6.97. The summed E-state index contributed by atoms with van der Waals surface area (Å²) in [5, 5.41) is 3.56. The quantitative estimate of drug-likeness (QED) is 0.820. The lowest BCUT2D eigenvalue weighted by atomic mass is 9.84. The molecule has 0 aromatic carbocycles. The molecule has 0 amide bonds. The lowest BCUT2D eigenvalue weighted by Gasteiger charge is -2.29. The van der Waals surface area contributed by atoms with Crippen molar-refractivity contribution >= 4 is 37.7 Å². The molecule has 2 nitrogen and oxygen atoms in total. The topological polar surface area (TPSA) is 24.9 Å². The summed E-state index contributed by atoms with van der Waals surface area (Å²) in [5.41, 5.74) is 0. The second kappa shape index (κ2) is 6.19. The summed E-state index contributed by atoms with van der Waals surface area (Å²) in [4.78, 5) is 4.42. The highest BCUT2D eigenvalue weighted by Crippen LogP contribution is 2.30. The zero-order valence-electron chi connectivity index (χ0n) is 10.0. The third-order valence-corrected chi connectivity index (χ3v) is 4.55. The Balaban J connectivity index is 2.00. The molecular formula is C13H18Br2N2. The molecule has 17 heavy (non-hydrogen) atoms. The normalized spacial score (nSPS) is 24.6. The maximum atomic E-state index is 4.42. The van der Waals surface area contributed by atoms with E-state index in [1.165, 1.54) is 32.1 Å². The fraction of sp³-hybridized carbons (Fsp3) is 0.615. The highest BCUT2D eigenvalue weighted by molar-refractivity contribution is 9.11. The minimum atomic E-state index is 0.582. The van der Waals surface area contributed by atoms with Gasteiger partial charge in [0.15, 0.2) is 0 Å². The first-order valence-electron chi connectivity index (χ1n) is 6.26. The number of nitrogens with zero attached hydrogens (tertiary/aromatic N) is 1. The summed E-state index contributed by atoms with van der Waals surface area (Å²) in [7, 11) is 0. The largest absolute Gasteiger partial charge is 0.366 e. The average molecular weight is 362 g/mol. The Hall–Kier alpha value is -0.0900. The van der Waals surface area contributed by atoms with Crippen LogP contribution >= 0.6 is 31.9 Å². The highest BCUT2D eigenvalue weighted by Gasteiger charge is 2.21. The fourth-order valence-corrected chi connectivity index (χ4v) is 3.61. The van der Waals surface area contributed by atoms with Gasteiger partial charge in [0.05, 0.1) is 4.47 Å². The van der Waals surface area contributed by atoms with Crippen LogP contribution < -0.4 is 5.32 Å². The Kier molecular flexibility index (Phi) is 4.86. The number of halogens is 2. The van der Waals surface area contributed by atoms with E-state index in [1.807, 2.05) is 12.3 Å². The smallest absolute Gasteiger partial charge is 0.140 e. The number of pyridine rings is 1. The van der Waals surface area contributed by atoms with Gasteiger partial charge < -0.3 is 5.32 Å². The van der Waals surface area contributed by atoms with E-state index >= 15 is 0 Å². The van der Waals surface area contributed by atoms with Crippen molar-refractivity contribution < 1.29 is 0 Å². The van der Waals surface area contributed by atoms with Crippen molar-refractivity contribution in [3.05, 3.63) is 21.2 Å². The van der Waals surface area contributed by atoms with Crippen LogP contribution in [-0.4, -0.2) is 11.0 Å². The van der Waals surface area contributed by atoms with E-state index in [0.29, 0.717) is 6.04 Å². The molecule has 1 fully saturated rings. The summed E-state index contributed by atoms with van der Waals surface area (Å²) in [6.45, 7) is 2.29. The van der Waals surface area contributed by atoms with E-state index in [4.69, 9.17) is 0 Å². The fourth-order valence-electron chi connectivity index (χ4n) is 2.51. The van der Waals surface area contributed by atoms with Crippen LogP contribution in [0.2, 0.25) is 0 Å². The standard InChI is InChI=1S/C13H18Br2N2/c1-2-9-4-3-5-11(6-9)17-13-12(15)7-10(14)8-16-13/h7-9,11H,2-6H2,1H3,(H,16,17). The number of anilines is 1. The van der Waals surface area contributed by atoms with Gasteiger partial charge in [-0.15, -0.1) is 0 Å². The van der Waals surface area contributed by atoms with Crippen LogP contribution in [0.15, 0.2) is 21.2 Å². The van der Waals surface area contributed by atoms with E-state index in [0.717, 1.165) is 20.7 Å². The van der Waals surface area contributed by atoms with E-state index in [9.17, 15) is 0 Å². The first-order valence-corrected chi connectivity index (χ1v) is 7.85. The van der Waals surface area contributed by atoms with Crippen molar-refractivity contribution in [2.24, 2.45) is 5.92 Å². The van der Waals surface area contributed by atoms with Crippen LogP contribution in [0.25, 0.3) is 0 Å². The molecule has 2 rings (SSSR count). The van der Waals surface area contributed by atoms with E-state index in [2.05, 4.69) is 49.1 Å². The van der Waals surface area contributed by atoms with Gasteiger partial charge in [-0.05, 0) is 56.7 Å². The molecule has 4 heteroatoms. The average Bonchev–Trinajstić information content (AvgIpc) is 2.33. The Morgan fingerprint density at radius 1 is 1.41 bits per heavy atom. The van der Waals surface area contributed by atoms with E-state index in [-0.39, 0.29) is 0 Å². The molecule has 1 saturated carbocycles. The zero-order chi connectivity index (χ0) is 12.3. The van der Waals surface area contributed by atoms with Gasteiger partial charge in [0.1, 0.15) is 5.82 Å². The molecule has 1 aliphatic rings. The van der Waals surface area contributed by atoms with Gasteiger partial charge in [0.25, 0.3) is 0 Å². The lowest BCUT2D eigenvalue weighted by molar-refractivity contribution is 0.327. The predicted octanol–water partition coefficient (Wildman–Crippen LogP) is 4.99. The molecule has 0 spiro atoms. The zero-order valence-corrected chi connectivity index (χ0v) is 13.2. The van der Waals surface area contributed by atoms with Crippen molar-refractivity contribution in [1.82, 2.24) is 4.98 Å². The predicted molar refractivity (Wildman–Crippen MR) is 79.3 cm³/mol.